The molecule has 0 aromatic carbocycles. The molecular formula is C16H29N5S. The quantitative estimate of drug-likeness (QED) is 0.623. The van der Waals surface area contributed by atoms with Crippen molar-refractivity contribution >= 4 is 17.3 Å². The number of aliphatic imine (C=N–C) groups is 1. The highest BCUT2D eigenvalue weighted by Gasteiger charge is 2.18. The number of hydrogen-bond donors (Lipinski definition) is 2. The molecular weight excluding hydrogens is 294 g/mol. The minimum atomic E-state index is 0.777. The van der Waals surface area contributed by atoms with Gasteiger partial charge in [0.25, 0.3) is 0 Å². The summed E-state index contributed by atoms with van der Waals surface area (Å²) < 4.78 is 0. The fourth-order valence-electron chi connectivity index (χ4n) is 3.00. The van der Waals surface area contributed by atoms with Crippen molar-refractivity contribution in [3.8, 4) is 0 Å². The molecule has 0 bridgehead atoms. The molecule has 1 aliphatic carbocycles. The first kappa shape index (κ1) is 17.2. The minimum Gasteiger partial charge on any atom is -0.355 e. The molecule has 2 rings (SSSR count). The second-order valence-electron chi connectivity index (χ2n) is 6.01. The highest BCUT2D eigenvalue weighted by Crippen LogP contribution is 2.21. The van der Waals surface area contributed by atoms with E-state index >= 15 is 0 Å². The summed E-state index contributed by atoms with van der Waals surface area (Å²) in [6.07, 6.45) is 5.49. The van der Waals surface area contributed by atoms with Gasteiger partial charge in [-0.3, -0.25) is 4.99 Å². The molecule has 0 radical (unpaired) electrons. The van der Waals surface area contributed by atoms with Crippen molar-refractivity contribution in [3.05, 3.63) is 15.6 Å². The molecule has 1 saturated carbocycles. The van der Waals surface area contributed by atoms with Crippen molar-refractivity contribution in [3.63, 3.8) is 0 Å². The Morgan fingerprint density at radius 3 is 2.64 bits per heavy atom. The van der Waals surface area contributed by atoms with Crippen molar-refractivity contribution < 1.29 is 0 Å². The summed E-state index contributed by atoms with van der Waals surface area (Å²) in [6.45, 7) is 6.88. The van der Waals surface area contributed by atoms with E-state index < -0.39 is 0 Å². The number of aryl methyl sites for hydroxylation is 2. The van der Waals surface area contributed by atoms with E-state index in [1.807, 2.05) is 14.0 Å². The van der Waals surface area contributed by atoms with E-state index in [1.54, 1.807) is 11.3 Å². The lowest BCUT2D eigenvalue weighted by atomic mass is 10.2. The van der Waals surface area contributed by atoms with Gasteiger partial charge in [-0.15, -0.1) is 11.3 Å². The third-order valence-corrected chi connectivity index (χ3v) is 5.42. The number of hydrogen-bond acceptors (Lipinski definition) is 4. The molecule has 0 saturated heterocycles. The lowest BCUT2D eigenvalue weighted by Crippen LogP contribution is -2.42. The van der Waals surface area contributed by atoms with Gasteiger partial charge in [-0.05, 0) is 33.7 Å². The third-order valence-electron chi connectivity index (χ3n) is 4.34. The van der Waals surface area contributed by atoms with Gasteiger partial charge >= 0.3 is 0 Å². The first-order chi connectivity index (χ1) is 10.6. The van der Waals surface area contributed by atoms with Gasteiger partial charge in [0.1, 0.15) is 0 Å². The maximum absolute atomic E-state index is 4.46. The smallest absolute Gasteiger partial charge is 0.191 e. The molecule has 0 atom stereocenters. The van der Waals surface area contributed by atoms with Crippen LogP contribution in [0.15, 0.2) is 4.99 Å². The molecule has 1 heterocycles. The zero-order valence-corrected chi connectivity index (χ0v) is 15.1. The fourth-order valence-corrected chi connectivity index (χ4v) is 3.88. The van der Waals surface area contributed by atoms with Gasteiger partial charge < -0.3 is 15.5 Å². The number of aromatic nitrogens is 1. The van der Waals surface area contributed by atoms with E-state index in [1.165, 1.54) is 30.6 Å². The molecule has 6 heteroatoms. The molecule has 1 fully saturated rings. The maximum Gasteiger partial charge on any atom is 0.191 e. The molecule has 2 N–H and O–H groups in total. The van der Waals surface area contributed by atoms with Crippen LogP contribution < -0.4 is 10.6 Å². The van der Waals surface area contributed by atoms with Gasteiger partial charge in [0.05, 0.1) is 17.2 Å². The van der Waals surface area contributed by atoms with E-state index in [2.05, 4.69) is 39.5 Å². The van der Waals surface area contributed by atoms with Gasteiger partial charge in [-0.1, -0.05) is 12.8 Å². The SMILES string of the molecule is CN=C(NCCN(C)C1CCCC1)NCc1sc(C)nc1C. The van der Waals surface area contributed by atoms with Crippen LogP contribution in [0.3, 0.4) is 0 Å². The molecule has 0 unspecified atom stereocenters. The maximum atomic E-state index is 4.46. The van der Waals surface area contributed by atoms with Gasteiger partial charge in [0.15, 0.2) is 5.96 Å². The topological polar surface area (TPSA) is 52.6 Å². The summed E-state index contributed by atoms with van der Waals surface area (Å²) in [6, 6.07) is 0.777. The Kier molecular flexibility index (Phi) is 6.64. The number of likely N-dealkylation sites (N-methyl/N-ethyl adjacent to an activating group) is 1. The van der Waals surface area contributed by atoms with Crippen molar-refractivity contribution in [1.82, 2.24) is 20.5 Å². The van der Waals surface area contributed by atoms with E-state index in [0.29, 0.717) is 0 Å². The van der Waals surface area contributed by atoms with Crippen LogP contribution in [-0.4, -0.2) is 49.1 Å². The first-order valence-corrected chi connectivity index (χ1v) is 8.99. The van der Waals surface area contributed by atoms with Gasteiger partial charge in [-0.25, -0.2) is 4.98 Å². The van der Waals surface area contributed by atoms with E-state index in [9.17, 15) is 0 Å². The molecule has 0 aliphatic heterocycles. The highest BCUT2D eigenvalue weighted by atomic mass is 32.1. The fraction of sp³-hybridized carbons (Fsp3) is 0.750. The van der Waals surface area contributed by atoms with E-state index in [0.717, 1.165) is 42.3 Å². The Hall–Kier alpha value is -1.14. The number of thiazole rings is 1. The third kappa shape index (κ3) is 4.95. The monoisotopic (exact) mass is 323 g/mol. The Morgan fingerprint density at radius 2 is 2.05 bits per heavy atom. The van der Waals surface area contributed by atoms with Gasteiger partial charge in [0, 0.05) is 31.1 Å². The molecule has 1 aromatic rings. The zero-order valence-electron chi connectivity index (χ0n) is 14.3. The van der Waals surface area contributed by atoms with Crippen LogP contribution in [0.2, 0.25) is 0 Å². The number of nitrogens with zero attached hydrogens (tertiary/aromatic N) is 3. The summed E-state index contributed by atoms with van der Waals surface area (Å²) in [4.78, 5) is 12.5. The predicted octanol–water partition coefficient (Wildman–Crippen LogP) is 2.30. The largest absolute Gasteiger partial charge is 0.355 e. The Bertz CT molecular complexity index is 491. The Balaban J connectivity index is 1.70. The number of guanidine groups is 1. The van der Waals surface area contributed by atoms with Crippen LogP contribution in [0.5, 0.6) is 0 Å². The van der Waals surface area contributed by atoms with E-state index in [4.69, 9.17) is 0 Å². The second kappa shape index (κ2) is 8.48. The molecule has 0 amide bonds. The van der Waals surface area contributed by atoms with Crippen LogP contribution in [0.1, 0.15) is 41.3 Å². The first-order valence-electron chi connectivity index (χ1n) is 8.18. The average molecular weight is 324 g/mol. The zero-order chi connectivity index (χ0) is 15.9. The number of nitrogens with one attached hydrogen (secondary N) is 2. The summed E-state index contributed by atoms with van der Waals surface area (Å²) in [5.74, 6) is 0.866. The normalized spacial score (nSPS) is 16.5. The molecule has 22 heavy (non-hydrogen) atoms. The van der Waals surface area contributed by atoms with Crippen LogP contribution in [0.4, 0.5) is 0 Å². The van der Waals surface area contributed by atoms with Crippen molar-refractivity contribution in [2.75, 3.05) is 27.2 Å². The predicted molar refractivity (Wildman–Crippen MR) is 94.7 cm³/mol. The van der Waals surface area contributed by atoms with Crippen molar-refractivity contribution in [1.29, 1.82) is 0 Å². The van der Waals surface area contributed by atoms with Gasteiger partial charge in [-0.2, -0.15) is 0 Å². The molecule has 1 aliphatic rings. The molecule has 1 aromatic heterocycles. The number of rotatable bonds is 6. The van der Waals surface area contributed by atoms with Crippen LogP contribution in [0, 0.1) is 13.8 Å². The van der Waals surface area contributed by atoms with Crippen molar-refractivity contribution in [2.24, 2.45) is 4.99 Å². The van der Waals surface area contributed by atoms with E-state index in [-0.39, 0.29) is 0 Å². The summed E-state index contributed by atoms with van der Waals surface area (Å²) >= 11 is 1.75. The summed E-state index contributed by atoms with van der Waals surface area (Å²) in [5, 5.41) is 7.90. The van der Waals surface area contributed by atoms with Crippen LogP contribution >= 0.6 is 11.3 Å². The Labute approximate surface area is 138 Å². The van der Waals surface area contributed by atoms with Crippen LogP contribution in [0.25, 0.3) is 0 Å². The van der Waals surface area contributed by atoms with Crippen LogP contribution in [-0.2, 0) is 6.54 Å². The summed E-state index contributed by atoms with van der Waals surface area (Å²) in [5.41, 5.74) is 1.12. The highest BCUT2D eigenvalue weighted by molar-refractivity contribution is 7.11. The second-order valence-corrected chi connectivity index (χ2v) is 7.30. The molecule has 5 nitrogen and oxygen atoms in total. The minimum absolute atomic E-state index is 0.777. The lowest BCUT2D eigenvalue weighted by Gasteiger charge is -2.24. The standard InChI is InChI=1S/C16H29N5S/c1-12-15(22-13(2)20-12)11-19-16(17-3)18-9-10-21(4)14-7-5-6-8-14/h14H,5-11H2,1-4H3,(H2,17,18,19). The molecule has 124 valence electrons. The Morgan fingerprint density at radius 1 is 1.32 bits per heavy atom. The summed E-state index contributed by atoms with van der Waals surface area (Å²) in [7, 11) is 4.05. The average Bonchev–Trinajstić information content (AvgIpc) is 3.12. The van der Waals surface area contributed by atoms with Crippen molar-refractivity contribution in [2.45, 2.75) is 52.1 Å². The lowest BCUT2D eigenvalue weighted by molar-refractivity contribution is 0.249. The molecule has 0 spiro atoms. The van der Waals surface area contributed by atoms with Gasteiger partial charge in [0.2, 0.25) is 0 Å².